The van der Waals surface area contributed by atoms with E-state index in [1.807, 2.05) is 0 Å². The molecule has 0 aliphatic heterocycles. The van der Waals surface area contributed by atoms with Crippen molar-refractivity contribution in [2.45, 2.75) is 6.92 Å². The SMILES string of the molecule is Cc1ccc(C#CN=C=S)c(F)n1. The number of aryl methyl sites for hydroxylation is 1. The Bertz CT molecular complexity index is 425. The Morgan fingerprint density at radius 2 is 2.31 bits per heavy atom. The molecule has 0 spiro atoms. The van der Waals surface area contributed by atoms with E-state index in [0.29, 0.717) is 5.69 Å². The smallest absolute Gasteiger partial charge is 0.224 e. The van der Waals surface area contributed by atoms with E-state index < -0.39 is 5.95 Å². The maximum atomic E-state index is 13.0. The molecule has 0 fully saturated rings. The van der Waals surface area contributed by atoms with E-state index in [-0.39, 0.29) is 5.56 Å². The Balaban J connectivity index is 3.04. The number of rotatable bonds is 0. The fourth-order valence-corrected chi connectivity index (χ4v) is 0.775. The van der Waals surface area contributed by atoms with Gasteiger partial charge in [-0.3, -0.25) is 0 Å². The maximum absolute atomic E-state index is 13.0. The highest BCUT2D eigenvalue weighted by Gasteiger charge is 1.98. The minimum atomic E-state index is -0.591. The molecule has 1 heterocycles. The third kappa shape index (κ3) is 2.75. The first-order valence-corrected chi connectivity index (χ1v) is 3.86. The molecule has 0 aliphatic rings. The Morgan fingerprint density at radius 1 is 1.54 bits per heavy atom. The van der Waals surface area contributed by atoms with Gasteiger partial charge in [0, 0.05) is 5.69 Å². The van der Waals surface area contributed by atoms with E-state index in [4.69, 9.17) is 0 Å². The van der Waals surface area contributed by atoms with Gasteiger partial charge in [-0.2, -0.15) is 4.39 Å². The third-order valence-electron chi connectivity index (χ3n) is 1.28. The molecule has 1 aromatic heterocycles. The number of pyridine rings is 1. The molecule has 0 unspecified atom stereocenters. The van der Waals surface area contributed by atoms with Crippen molar-refractivity contribution in [3.63, 3.8) is 0 Å². The van der Waals surface area contributed by atoms with Crippen LogP contribution in [-0.2, 0) is 0 Å². The van der Waals surface area contributed by atoms with Crippen molar-refractivity contribution in [3.8, 4) is 12.0 Å². The lowest BCUT2D eigenvalue weighted by molar-refractivity contribution is 0.576. The minimum Gasteiger partial charge on any atom is -0.224 e. The second-order valence-electron chi connectivity index (χ2n) is 2.23. The lowest BCUT2D eigenvalue weighted by Crippen LogP contribution is -1.90. The summed E-state index contributed by atoms with van der Waals surface area (Å²) in [6.45, 7) is 1.70. The number of aliphatic imine (C=N–C) groups is 1. The number of halogens is 1. The second kappa shape index (κ2) is 4.46. The van der Waals surface area contributed by atoms with Crippen molar-refractivity contribution in [2.75, 3.05) is 0 Å². The zero-order valence-corrected chi connectivity index (χ0v) is 7.65. The predicted molar refractivity (Wildman–Crippen MR) is 50.8 cm³/mol. The van der Waals surface area contributed by atoms with Crippen molar-refractivity contribution >= 4 is 17.4 Å². The van der Waals surface area contributed by atoms with Gasteiger partial charge in [-0.25, -0.2) is 4.98 Å². The fraction of sp³-hybridized carbons (Fsp3) is 0.111. The first-order valence-electron chi connectivity index (χ1n) is 3.45. The number of hydrogen-bond donors (Lipinski definition) is 0. The van der Waals surface area contributed by atoms with E-state index in [2.05, 4.69) is 39.3 Å². The number of isothiocyanates is 1. The highest BCUT2D eigenvalue weighted by Crippen LogP contribution is 2.03. The zero-order chi connectivity index (χ0) is 9.68. The van der Waals surface area contributed by atoms with Crippen LogP contribution < -0.4 is 0 Å². The Labute approximate surface area is 80.5 Å². The number of aromatic nitrogens is 1. The Kier molecular flexibility index (Phi) is 3.27. The molecule has 0 saturated carbocycles. The number of hydrogen-bond acceptors (Lipinski definition) is 3. The van der Waals surface area contributed by atoms with E-state index in [1.54, 1.807) is 19.1 Å². The Hall–Kier alpha value is -1.56. The molecule has 0 aliphatic carbocycles. The molecule has 0 atom stereocenters. The van der Waals surface area contributed by atoms with E-state index in [1.165, 1.54) is 0 Å². The topological polar surface area (TPSA) is 25.2 Å². The third-order valence-corrected chi connectivity index (χ3v) is 1.37. The van der Waals surface area contributed by atoms with Gasteiger partial charge < -0.3 is 0 Å². The lowest BCUT2D eigenvalue weighted by Gasteiger charge is -1.93. The fourth-order valence-electron chi connectivity index (χ4n) is 0.729. The van der Waals surface area contributed by atoms with Crippen molar-refractivity contribution in [3.05, 3.63) is 29.3 Å². The summed E-state index contributed by atoms with van der Waals surface area (Å²) in [7, 11) is 0. The van der Waals surface area contributed by atoms with Gasteiger partial charge in [-0.05, 0) is 37.2 Å². The van der Waals surface area contributed by atoms with Crippen molar-refractivity contribution in [1.82, 2.24) is 4.98 Å². The lowest BCUT2D eigenvalue weighted by atomic mass is 10.2. The van der Waals surface area contributed by atoms with Crippen LogP contribution in [0.5, 0.6) is 0 Å². The maximum Gasteiger partial charge on any atom is 0.228 e. The molecule has 13 heavy (non-hydrogen) atoms. The summed E-state index contributed by atoms with van der Waals surface area (Å²) in [5, 5.41) is 2.06. The van der Waals surface area contributed by atoms with Gasteiger partial charge in [0.1, 0.15) is 0 Å². The highest BCUT2D eigenvalue weighted by atomic mass is 32.1. The van der Waals surface area contributed by atoms with Crippen molar-refractivity contribution in [1.29, 1.82) is 0 Å². The number of nitrogens with zero attached hydrogens (tertiary/aromatic N) is 2. The molecule has 2 nitrogen and oxygen atoms in total. The zero-order valence-electron chi connectivity index (χ0n) is 6.84. The van der Waals surface area contributed by atoms with Crippen LogP contribution in [0.1, 0.15) is 11.3 Å². The molecular formula is C9H5FN2S. The van der Waals surface area contributed by atoms with Gasteiger partial charge >= 0.3 is 0 Å². The first-order chi connectivity index (χ1) is 6.24. The van der Waals surface area contributed by atoms with Gasteiger partial charge in [-0.15, -0.1) is 4.99 Å². The molecule has 64 valence electrons. The molecule has 0 radical (unpaired) electrons. The Morgan fingerprint density at radius 3 is 2.92 bits per heavy atom. The largest absolute Gasteiger partial charge is 0.228 e. The highest BCUT2D eigenvalue weighted by molar-refractivity contribution is 7.78. The molecule has 0 N–H and O–H groups in total. The van der Waals surface area contributed by atoms with Crippen LogP contribution in [0.4, 0.5) is 4.39 Å². The molecule has 0 saturated heterocycles. The monoisotopic (exact) mass is 192 g/mol. The summed E-state index contributed by atoms with van der Waals surface area (Å²) < 4.78 is 13.0. The van der Waals surface area contributed by atoms with Crippen LogP contribution >= 0.6 is 12.2 Å². The quantitative estimate of drug-likeness (QED) is 0.271. The molecule has 0 bridgehead atoms. The molecule has 0 amide bonds. The summed E-state index contributed by atoms with van der Waals surface area (Å²) in [5.74, 6) is 1.87. The van der Waals surface area contributed by atoms with Gasteiger partial charge in [-0.1, -0.05) is 0 Å². The molecule has 1 aromatic rings. The summed E-state index contributed by atoms with van der Waals surface area (Å²) in [4.78, 5) is 6.93. The molecular weight excluding hydrogens is 187 g/mol. The average molecular weight is 192 g/mol. The molecule has 4 heteroatoms. The van der Waals surface area contributed by atoms with Gasteiger partial charge in [0.15, 0.2) is 0 Å². The summed E-state index contributed by atoms with van der Waals surface area (Å²) in [6, 6.07) is 5.51. The molecule has 1 rings (SSSR count). The van der Waals surface area contributed by atoms with Gasteiger partial charge in [0.25, 0.3) is 0 Å². The minimum absolute atomic E-state index is 0.208. The van der Waals surface area contributed by atoms with E-state index in [9.17, 15) is 4.39 Å². The van der Waals surface area contributed by atoms with E-state index >= 15 is 0 Å². The summed E-state index contributed by atoms with van der Waals surface area (Å²) >= 11 is 4.29. The van der Waals surface area contributed by atoms with E-state index in [0.717, 1.165) is 0 Å². The summed E-state index contributed by atoms with van der Waals surface area (Å²) in [6.07, 6.45) is 0. The van der Waals surface area contributed by atoms with Gasteiger partial charge in [0.2, 0.25) is 5.95 Å². The van der Waals surface area contributed by atoms with Crippen LogP contribution in [0, 0.1) is 24.8 Å². The van der Waals surface area contributed by atoms with Crippen molar-refractivity contribution in [2.24, 2.45) is 4.99 Å². The van der Waals surface area contributed by atoms with Crippen LogP contribution in [0.15, 0.2) is 17.1 Å². The standard InChI is InChI=1S/C9H5FN2S/c1-7-2-3-8(9(10)12-7)4-5-11-6-13/h2-3H,1H3. The van der Waals surface area contributed by atoms with Crippen LogP contribution in [-0.4, -0.2) is 10.1 Å². The number of thiocarbonyl (C=S) groups is 1. The normalized spacial score (nSPS) is 8.15. The van der Waals surface area contributed by atoms with Crippen molar-refractivity contribution < 1.29 is 4.39 Å². The van der Waals surface area contributed by atoms with Crippen LogP contribution in [0.3, 0.4) is 0 Å². The van der Waals surface area contributed by atoms with Gasteiger partial charge in [0.05, 0.1) is 16.8 Å². The van der Waals surface area contributed by atoms with Crippen LogP contribution in [0.2, 0.25) is 0 Å². The predicted octanol–water partition coefficient (Wildman–Crippen LogP) is 1.94. The average Bonchev–Trinajstić information content (AvgIpc) is 2.09. The summed E-state index contributed by atoms with van der Waals surface area (Å²) in [5.41, 5.74) is 0.820. The first kappa shape index (κ1) is 9.53. The second-order valence-corrected chi connectivity index (χ2v) is 2.41. The molecule has 0 aromatic carbocycles. The van der Waals surface area contributed by atoms with Crippen LogP contribution in [0.25, 0.3) is 0 Å².